The Hall–Kier alpha value is -2.05. The molecule has 2 amide bonds. The molecular formula is C13H22N4O3. The lowest BCUT2D eigenvalue weighted by Crippen LogP contribution is -2.34. The quantitative estimate of drug-likeness (QED) is 0.709. The molecule has 1 heterocycles. The van der Waals surface area contributed by atoms with Crippen molar-refractivity contribution in [1.29, 1.82) is 0 Å². The third-order valence-electron chi connectivity index (χ3n) is 2.77. The molecule has 0 saturated heterocycles. The van der Waals surface area contributed by atoms with Gasteiger partial charge in [0.1, 0.15) is 0 Å². The second kappa shape index (κ2) is 7.52. The van der Waals surface area contributed by atoms with E-state index in [0.29, 0.717) is 18.3 Å². The number of urea groups is 1. The maximum absolute atomic E-state index is 11.7. The lowest BCUT2D eigenvalue weighted by Gasteiger charge is -2.17. The van der Waals surface area contributed by atoms with Crippen molar-refractivity contribution in [2.75, 3.05) is 11.9 Å². The fourth-order valence-electron chi connectivity index (χ4n) is 2.03. The van der Waals surface area contributed by atoms with Gasteiger partial charge in [-0.2, -0.15) is 5.10 Å². The standard InChI is InChI=1S/C13H22N4O3/c1-9(2)6-10(7-12(18)19)8-14-13(20)15-11-4-5-17(3)16-11/h4-5,9-10H,6-8H2,1-3H3,(H,18,19)(H2,14,15,16,20). The molecule has 0 saturated carbocycles. The summed E-state index contributed by atoms with van der Waals surface area (Å²) in [4.78, 5) is 22.5. The molecule has 1 aromatic heterocycles. The lowest BCUT2D eigenvalue weighted by atomic mass is 9.94. The van der Waals surface area contributed by atoms with Crippen LogP contribution in [0.2, 0.25) is 0 Å². The van der Waals surface area contributed by atoms with Crippen LogP contribution in [-0.2, 0) is 11.8 Å². The first-order valence-corrected chi connectivity index (χ1v) is 6.63. The second-order valence-electron chi connectivity index (χ2n) is 5.30. The van der Waals surface area contributed by atoms with Crippen LogP contribution in [0.1, 0.15) is 26.7 Å². The molecule has 0 aromatic carbocycles. The molecule has 1 atom stereocenters. The minimum atomic E-state index is -0.845. The molecule has 1 unspecified atom stereocenters. The van der Waals surface area contributed by atoms with E-state index in [-0.39, 0.29) is 18.4 Å². The number of hydrogen-bond donors (Lipinski definition) is 3. The molecule has 0 bridgehead atoms. The Morgan fingerprint density at radius 1 is 1.45 bits per heavy atom. The number of nitrogens with one attached hydrogen (secondary N) is 2. The van der Waals surface area contributed by atoms with Crippen molar-refractivity contribution in [3.05, 3.63) is 12.3 Å². The highest BCUT2D eigenvalue weighted by Gasteiger charge is 2.16. The van der Waals surface area contributed by atoms with E-state index in [1.807, 2.05) is 13.8 Å². The Morgan fingerprint density at radius 3 is 2.65 bits per heavy atom. The summed E-state index contributed by atoms with van der Waals surface area (Å²) in [5.41, 5.74) is 0. The van der Waals surface area contributed by atoms with Gasteiger partial charge in [0.15, 0.2) is 5.82 Å². The van der Waals surface area contributed by atoms with Gasteiger partial charge < -0.3 is 10.4 Å². The molecule has 1 aromatic rings. The van der Waals surface area contributed by atoms with Gasteiger partial charge >= 0.3 is 12.0 Å². The molecular weight excluding hydrogens is 260 g/mol. The number of amides is 2. The number of aliphatic carboxylic acids is 1. The molecule has 7 heteroatoms. The van der Waals surface area contributed by atoms with Crippen molar-refractivity contribution in [3.8, 4) is 0 Å². The van der Waals surface area contributed by atoms with Gasteiger partial charge in [-0.1, -0.05) is 13.8 Å². The molecule has 0 fully saturated rings. The molecule has 0 aliphatic rings. The minimum Gasteiger partial charge on any atom is -0.481 e. The van der Waals surface area contributed by atoms with Crippen molar-refractivity contribution in [2.45, 2.75) is 26.7 Å². The Bertz CT molecular complexity index is 456. The SMILES string of the molecule is CC(C)CC(CNC(=O)Nc1ccn(C)n1)CC(=O)O. The predicted octanol–water partition coefficient (Wildman–Crippen LogP) is 1.68. The fourth-order valence-corrected chi connectivity index (χ4v) is 2.03. The zero-order valence-electron chi connectivity index (χ0n) is 12.1. The van der Waals surface area contributed by atoms with E-state index in [9.17, 15) is 9.59 Å². The largest absolute Gasteiger partial charge is 0.481 e. The number of carboxylic acids is 1. The fraction of sp³-hybridized carbons (Fsp3) is 0.615. The second-order valence-corrected chi connectivity index (χ2v) is 5.30. The van der Waals surface area contributed by atoms with Crippen LogP contribution in [0.25, 0.3) is 0 Å². The van der Waals surface area contributed by atoms with Gasteiger partial charge in [-0.3, -0.25) is 14.8 Å². The van der Waals surface area contributed by atoms with E-state index in [4.69, 9.17) is 5.11 Å². The molecule has 112 valence electrons. The first-order valence-electron chi connectivity index (χ1n) is 6.63. The third kappa shape index (κ3) is 6.21. The molecule has 7 nitrogen and oxygen atoms in total. The molecule has 20 heavy (non-hydrogen) atoms. The molecule has 0 radical (unpaired) electrons. The van der Waals surface area contributed by atoms with Gasteiger partial charge in [-0.15, -0.1) is 0 Å². The van der Waals surface area contributed by atoms with Crippen LogP contribution < -0.4 is 10.6 Å². The number of aryl methyl sites for hydroxylation is 1. The molecule has 0 spiro atoms. The number of carboxylic acid groups (broad SMARTS) is 1. The summed E-state index contributed by atoms with van der Waals surface area (Å²) in [5, 5.41) is 18.2. The molecule has 1 rings (SSSR count). The first-order chi connectivity index (χ1) is 9.36. The summed E-state index contributed by atoms with van der Waals surface area (Å²) < 4.78 is 1.58. The van der Waals surface area contributed by atoms with E-state index >= 15 is 0 Å². The zero-order valence-corrected chi connectivity index (χ0v) is 12.1. The van der Waals surface area contributed by atoms with Gasteiger partial charge in [0.25, 0.3) is 0 Å². The summed E-state index contributed by atoms with van der Waals surface area (Å²) in [7, 11) is 1.76. The first kappa shape index (κ1) is 16.0. The topological polar surface area (TPSA) is 96.3 Å². The van der Waals surface area contributed by atoms with Crippen molar-refractivity contribution in [3.63, 3.8) is 0 Å². The summed E-state index contributed by atoms with van der Waals surface area (Å²) >= 11 is 0. The average Bonchev–Trinajstić information content (AvgIpc) is 2.70. The zero-order chi connectivity index (χ0) is 15.1. The van der Waals surface area contributed by atoms with Crippen LogP contribution >= 0.6 is 0 Å². The lowest BCUT2D eigenvalue weighted by molar-refractivity contribution is -0.138. The monoisotopic (exact) mass is 282 g/mol. The van der Waals surface area contributed by atoms with Gasteiger partial charge in [0, 0.05) is 32.3 Å². The van der Waals surface area contributed by atoms with Crippen LogP contribution in [0.3, 0.4) is 0 Å². The van der Waals surface area contributed by atoms with E-state index < -0.39 is 5.97 Å². The minimum absolute atomic E-state index is 0.0576. The van der Waals surface area contributed by atoms with E-state index in [1.54, 1.807) is 24.0 Å². The summed E-state index contributed by atoms with van der Waals surface area (Å²) in [5.74, 6) is -0.0618. The Labute approximate surface area is 118 Å². The highest BCUT2D eigenvalue weighted by molar-refractivity contribution is 5.88. The van der Waals surface area contributed by atoms with Gasteiger partial charge in [-0.25, -0.2) is 4.79 Å². The van der Waals surface area contributed by atoms with Crippen molar-refractivity contribution < 1.29 is 14.7 Å². The average molecular weight is 282 g/mol. The summed E-state index contributed by atoms with van der Waals surface area (Å²) in [6.07, 6.45) is 2.54. The van der Waals surface area contributed by atoms with Gasteiger partial charge in [0.2, 0.25) is 0 Å². The van der Waals surface area contributed by atoms with Crippen LogP contribution in [0.15, 0.2) is 12.3 Å². The normalized spacial score (nSPS) is 12.2. The van der Waals surface area contributed by atoms with Crippen LogP contribution in [0, 0.1) is 11.8 Å². The number of carbonyl (C=O) groups excluding carboxylic acids is 1. The number of hydrogen-bond acceptors (Lipinski definition) is 3. The highest BCUT2D eigenvalue weighted by Crippen LogP contribution is 2.14. The smallest absolute Gasteiger partial charge is 0.320 e. The van der Waals surface area contributed by atoms with Crippen molar-refractivity contribution >= 4 is 17.8 Å². The van der Waals surface area contributed by atoms with E-state index in [2.05, 4.69) is 15.7 Å². The molecule has 3 N–H and O–H groups in total. The van der Waals surface area contributed by atoms with Crippen LogP contribution in [-0.4, -0.2) is 33.4 Å². The summed E-state index contributed by atoms with van der Waals surface area (Å²) in [6.45, 7) is 4.40. The van der Waals surface area contributed by atoms with Crippen LogP contribution in [0.4, 0.5) is 10.6 Å². The van der Waals surface area contributed by atoms with E-state index in [0.717, 1.165) is 6.42 Å². The van der Waals surface area contributed by atoms with Crippen LogP contribution in [0.5, 0.6) is 0 Å². The van der Waals surface area contributed by atoms with E-state index in [1.165, 1.54) is 0 Å². The number of nitrogens with zero attached hydrogens (tertiary/aromatic N) is 2. The van der Waals surface area contributed by atoms with Crippen molar-refractivity contribution in [1.82, 2.24) is 15.1 Å². The Morgan fingerprint density at radius 2 is 2.15 bits per heavy atom. The predicted molar refractivity (Wildman–Crippen MR) is 75.4 cm³/mol. The summed E-state index contributed by atoms with van der Waals surface area (Å²) in [6, 6.07) is 1.31. The number of carbonyl (C=O) groups is 2. The maximum Gasteiger partial charge on any atom is 0.320 e. The van der Waals surface area contributed by atoms with Gasteiger partial charge in [-0.05, 0) is 18.3 Å². The molecule has 0 aliphatic heterocycles. The number of rotatable bonds is 7. The third-order valence-corrected chi connectivity index (χ3v) is 2.77. The Balaban J connectivity index is 2.41. The number of anilines is 1. The van der Waals surface area contributed by atoms with Crippen molar-refractivity contribution in [2.24, 2.45) is 18.9 Å². The van der Waals surface area contributed by atoms with Gasteiger partial charge in [0.05, 0.1) is 0 Å². The maximum atomic E-state index is 11.7. The Kier molecular flexibility index (Phi) is 6.02. The highest BCUT2D eigenvalue weighted by atomic mass is 16.4. The number of aromatic nitrogens is 2. The molecule has 0 aliphatic carbocycles.